The number of rotatable bonds is 6. The molecule has 0 saturated carbocycles. The Morgan fingerprint density at radius 2 is 2.04 bits per heavy atom. The summed E-state index contributed by atoms with van der Waals surface area (Å²) in [6.45, 7) is 1.03. The highest BCUT2D eigenvalue weighted by molar-refractivity contribution is 7.16. The molecular weight excluding hydrogens is 404 g/mol. The zero-order valence-corrected chi connectivity index (χ0v) is 17.0. The summed E-state index contributed by atoms with van der Waals surface area (Å²) < 4.78 is 11.0. The first-order chi connectivity index (χ1) is 13.4. The van der Waals surface area contributed by atoms with Gasteiger partial charge in [-0.2, -0.15) is 0 Å². The molecule has 2 aromatic rings. The van der Waals surface area contributed by atoms with E-state index in [4.69, 9.17) is 20.8 Å². The van der Waals surface area contributed by atoms with Crippen molar-refractivity contribution >= 4 is 40.7 Å². The third kappa shape index (κ3) is 5.14. The van der Waals surface area contributed by atoms with Gasteiger partial charge in [-0.1, -0.05) is 11.6 Å². The predicted octanol–water partition coefficient (Wildman–Crippen LogP) is 3.05. The lowest BCUT2D eigenvalue weighted by Crippen LogP contribution is -2.41. The second-order valence-electron chi connectivity index (χ2n) is 6.61. The molecule has 0 aromatic carbocycles. The van der Waals surface area contributed by atoms with Crippen molar-refractivity contribution in [3.05, 3.63) is 45.5 Å². The number of likely N-dealkylation sites (tertiary alicyclic amines) is 1. The number of esters is 1. The normalized spacial score (nSPS) is 14.7. The summed E-state index contributed by atoms with van der Waals surface area (Å²) in [4.78, 5) is 40.8. The molecule has 28 heavy (non-hydrogen) atoms. The first-order valence-electron chi connectivity index (χ1n) is 8.91. The van der Waals surface area contributed by atoms with Gasteiger partial charge in [-0.15, -0.1) is 11.3 Å². The van der Waals surface area contributed by atoms with E-state index in [0.717, 1.165) is 4.88 Å². The Bertz CT molecular complexity index is 827. The van der Waals surface area contributed by atoms with E-state index in [2.05, 4.69) is 0 Å². The van der Waals surface area contributed by atoms with E-state index in [9.17, 15) is 14.4 Å². The van der Waals surface area contributed by atoms with Crippen LogP contribution in [0.25, 0.3) is 0 Å². The standard InChI is InChI=1S/C19H21ClN2O5S/c1-21(11-14-4-5-16(20)28-14)17(23)12-27-19(25)13-6-8-22(9-7-13)18(24)15-3-2-10-26-15/h2-5,10,13H,6-9,11-12H2,1H3. The summed E-state index contributed by atoms with van der Waals surface area (Å²) in [6, 6.07) is 6.93. The SMILES string of the molecule is CN(Cc1ccc(Cl)s1)C(=O)COC(=O)C1CCN(C(=O)c2ccco2)CC1. The molecule has 3 heterocycles. The molecule has 2 aromatic heterocycles. The van der Waals surface area contributed by atoms with E-state index in [1.165, 1.54) is 22.5 Å². The summed E-state index contributed by atoms with van der Waals surface area (Å²) in [5, 5.41) is 0. The number of thiophene rings is 1. The Balaban J connectivity index is 1.40. The van der Waals surface area contributed by atoms with Crippen LogP contribution >= 0.6 is 22.9 Å². The van der Waals surface area contributed by atoms with Gasteiger partial charge in [0.05, 0.1) is 23.1 Å². The zero-order valence-electron chi connectivity index (χ0n) is 15.4. The third-order valence-electron chi connectivity index (χ3n) is 4.63. The Hall–Kier alpha value is -2.32. The molecule has 7 nitrogen and oxygen atoms in total. The molecule has 3 rings (SSSR count). The molecule has 1 fully saturated rings. The molecule has 9 heteroatoms. The van der Waals surface area contributed by atoms with E-state index < -0.39 is 5.97 Å². The van der Waals surface area contributed by atoms with E-state index in [1.807, 2.05) is 6.07 Å². The average Bonchev–Trinajstić information content (AvgIpc) is 3.37. The van der Waals surface area contributed by atoms with Crippen LogP contribution in [0.5, 0.6) is 0 Å². The molecule has 0 unspecified atom stereocenters. The van der Waals surface area contributed by atoms with Crippen LogP contribution in [-0.4, -0.2) is 54.3 Å². The number of halogens is 1. The number of likely N-dealkylation sites (N-methyl/N-ethyl adjacent to an activating group) is 1. The molecular formula is C19H21ClN2O5S. The number of piperidine rings is 1. The lowest BCUT2D eigenvalue weighted by Gasteiger charge is -2.30. The number of ether oxygens (including phenoxy) is 1. The molecule has 0 aliphatic carbocycles. The second-order valence-corrected chi connectivity index (χ2v) is 8.41. The van der Waals surface area contributed by atoms with Crippen molar-refractivity contribution in [3.63, 3.8) is 0 Å². The van der Waals surface area contributed by atoms with E-state index in [-0.39, 0.29) is 24.3 Å². The summed E-state index contributed by atoms with van der Waals surface area (Å²) in [7, 11) is 1.66. The molecule has 0 N–H and O–H groups in total. The first-order valence-corrected chi connectivity index (χ1v) is 10.1. The fourth-order valence-electron chi connectivity index (χ4n) is 2.99. The van der Waals surface area contributed by atoms with Crippen molar-refractivity contribution in [1.29, 1.82) is 0 Å². The highest BCUT2D eigenvalue weighted by atomic mass is 35.5. The number of hydrogen-bond donors (Lipinski definition) is 0. The van der Waals surface area contributed by atoms with Crippen LogP contribution in [-0.2, 0) is 20.9 Å². The summed E-state index contributed by atoms with van der Waals surface area (Å²) in [6.07, 6.45) is 2.46. The minimum absolute atomic E-state index is 0.178. The van der Waals surface area contributed by atoms with Crippen molar-refractivity contribution in [1.82, 2.24) is 9.80 Å². The molecule has 0 spiro atoms. The van der Waals surface area contributed by atoms with E-state index >= 15 is 0 Å². The van der Waals surface area contributed by atoms with Gasteiger partial charge in [-0.3, -0.25) is 14.4 Å². The van der Waals surface area contributed by atoms with Gasteiger partial charge in [0.1, 0.15) is 0 Å². The van der Waals surface area contributed by atoms with E-state index in [0.29, 0.717) is 42.6 Å². The Labute approximate surface area is 171 Å². The van der Waals surface area contributed by atoms with Gasteiger partial charge in [0.25, 0.3) is 11.8 Å². The molecule has 1 saturated heterocycles. The number of amides is 2. The largest absolute Gasteiger partial charge is 0.459 e. The van der Waals surface area contributed by atoms with Crippen LogP contribution in [0, 0.1) is 5.92 Å². The van der Waals surface area contributed by atoms with Crippen LogP contribution in [0.4, 0.5) is 0 Å². The van der Waals surface area contributed by atoms with Crippen molar-refractivity contribution in [3.8, 4) is 0 Å². The zero-order chi connectivity index (χ0) is 20.1. The van der Waals surface area contributed by atoms with Gasteiger partial charge in [-0.05, 0) is 37.1 Å². The first kappa shape index (κ1) is 20.4. The van der Waals surface area contributed by atoms with Crippen LogP contribution < -0.4 is 0 Å². The predicted molar refractivity (Wildman–Crippen MR) is 104 cm³/mol. The van der Waals surface area contributed by atoms with Gasteiger partial charge >= 0.3 is 5.97 Å². The van der Waals surface area contributed by atoms with E-state index in [1.54, 1.807) is 30.1 Å². The summed E-state index contributed by atoms with van der Waals surface area (Å²) in [5.41, 5.74) is 0. The fourth-order valence-corrected chi connectivity index (χ4v) is 4.14. The molecule has 1 aliphatic rings. The second kappa shape index (κ2) is 9.25. The van der Waals surface area contributed by atoms with Crippen molar-refractivity contribution in [2.45, 2.75) is 19.4 Å². The Morgan fingerprint density at radius 3 is 2.64 bits per heavy atom. The van der Waals surface area contributed by atoms with Crippen LogP contribution in [0.3, 0.4) is 0 Å². The number of carbonyl (C=O) groups excluding carboxylic acids is 3. The maximum atomic E-state index is 12.3. The number of nitrogens with zero attached hydrogens (tertiary/aromatic N) is 2. The van der Waals surface area contributed by atoms with Crippen LogP contribution in [0.1, 0.15) is 28.3 Å². The molecule has 150 valence electrons. The van der Waals surface area contributed by atoms with Crippen LogP contribution in [0.15, 0.2) is 34.9 Å². The minimum atomic E-state index is -0.397. The number of carbonyl (C=O) groups is 3. The Kier molecular flexibility index (Phi) is 6.74. The smallest absolute Gasteiger partial charge is 0.309 e. The Morgan fingerprint density at radius 1 is 1.29 bits per heavy atom. The third-order valence-corrected chi connectivity index (χ3v) is 5.85. The minimum Gasteiger partial charge on any atom is -0.459 e. The summed E-state index contributed by atoms with van der Waals surface area (Å²) >= 11 is 7.29. The molecule has 0 radical (unpaired) electrons. The monoisotopic (exact) mass is 424 g/mol. The van der Waals surface area contributed by atoms with Crippen molar-refractivity contribution in [2.75, 3.05) is 26.7 Å². The lowest BCUT2D eigenvalue weighted by molar-refractivity contribution is -0.156. The van der Waals surface area contributed by atoms with Crippen molar-refractivity contribution in [2.24, 2.45) is 5.92 Å². The maximum Gasteiger partial charge on any atom is 0.309 e. The fraction of sp³-hybridized carbons (Fsp3) is 0.421. The lowest BCUT2D eigenvalue weighted by atomic mass is 9.97. The molecule has 0 atom stereocenters. The highest BCUT2D eigenvalue weighted by Gasteiger charge is 2.30. The van der Waals surface area contributed by atoms with Gasteiger partial charge in [0.2, 0.25) is 0 Å². The summed E-state index contributed by atoms with van der Waals surface area (Å²) in [5.74, 6) is -0.867. The maximum absolute atomic E-state index is 12.3. The van der Waals surface area contributed by atoms with Crippen LogP contribution in [0.2, 0.25) is 4.34 Å². The van der Waals surface area contributed by atoms with Gasteiger partial charge in [0, 0.05) is 25.0 Å². The quantitative estimate of drug-likeness (QED) is 0.666. The number of furan rings is 1. The molecule has 1 aliphatic heterocycles. The molecule has 0 bridgehead atoms. The van der Waals surface area contributed by atoms with Gasteiger partial charge in [0.15, 0.2) is 12.4 Å². The topological polar surface area (TPSA) is 80.1 Å². The molecule has 2 amide bonds. The van der Waals surface area contributed by atoms with Gasteiger partial charge < -0.3 is 19.0 Å². The highest BCUT2D eigenvalue weighted by Crippen LogP contribution is 2.23. The number of hydrogen-bond acceptors (Lipinski definition) is 6. The van der Waals surface area contributed by atoms with Gasteiger partial charge in [-0.25, -0.2) is 0 Å². The average molecular weight is 425 g/mol. The van der Waals surface area contributed by atoms with Crippen molar-refractivity contribution < 1.29 is 23.5 Å².